The number of rotatable bonds is 2. The van der Waals surface area contributed by atoms with E-state index in [-0.39, 0.29) is 17.5 Å². The lowest BCUT2D eigenvalue weighted by Crippen LogP contribution is -2.27. The van der Waals surface area contributed by atoms with Gasteiger partial charge >= 0.3 is 0 Å². The Kier molecular flexibility index (Phi) is 3.26. The summed E-state index contributed by atoms with van der Waals surface area (Å²) in [6, 6.07) is 0.0791. The Hall–Kier alpha value is -0.610. The summed E-state index contributed by atoms with van der Waals surface area (Å²) in [4.78, 5) is 0. The molecule has 1 aliphatic rings. The molecule has 0 aromatic carbocycles. The monoisotopic (exact) mass is 229 g/mol. The van der Waals surface area contributed by atoms with Crippen LogP contribution in [0.4, 0.5) is 0 Å². The van der Waals surface area contributed by atoms with E-state index in [0.29, 0.717) is 0 Å². The lowest BCUT2D eigenvalue weighted by Gasteiger charge is -2.27. The highest BCUT2D eigenvalue weighted by atomic mass is 35.5. The van der Waals surface area contributed by atoms with Crippen LogP contribution in [0.1, 0.15) is 49.7 Å². The summed E-state index contributed by atoms with van der Waals surface area (Å²) < 4.78 is 1.76. The Balaban J connectivity index is 2.13. The van der Waals surface area contributed by atoms with Gasteiger partial charge in [-0.05, 0) is 19.8 Å². The third-order valence-corrected chi connectivity index (χ3v) is 3.19. The second-order valence-corrected chi connectivity index (χ2v) is 4.81. The van der Waals surface area contributed by atoms with E-state index >= 15 is 0 Å². The maximum absolute atomic E-state index is 9.85. The number of hydrogen-bond donors (Lipinski definition) is 1. The molecule has 0 radical (unpaired) electrons. The molecule has 0 spiro atoms. The molecule has 4 nitrogen and oxygen atoms in total. The third-order valence-electron chi connectivity index (χ3n) is 2.97. The average molecular weight is 230 g/mol. The number of halogens is 1. The molecule has 1 fully saturated rings. The number of aromatic nitrogens is 3. The van der Waals surface area contributed by atoms with Crippen LogP contribution < -0.4 is 0 Å². The first-order valence-corrected chi connectivity index (χ1v) is 5.86. The molecular formula is C10H16ClN3O. The molecule has 3 atom stereocenters. The highest BCUT2D eigenvalue weighted by Crippen LogP contribution is 2.28. The Morgan fingerprint density at radius 3 is 2.87 bits per heavy atom. The zero-order chi connectivity index (χ0) is 10.8. The van der Waals surface area contributed by atoms with E-state index in [1.54, 1.807) is 4.68 Å². The van der Waals surface area contributed by atoms with Crippen molar-refractivity contribution in [2.24, 2.45) is 0 Å². The fourth-order valence-electron chi connectivity index (χ4n) is 2.04. The molecule has 2 rings (SSSR count). The Morgan fingerprint density at radius 2 is 2.27 bits per heavy atom. The van der Waals surface area contributed by atoms with Crippen LogP contribution in [0.2, 0.25) is 0 Å². The molecule has 5 heteroatoms. The van der Waals surface area contributed by atoms with Crippen molar-refractivity contribution in [1.82, 2.24) is 15.0 Å². The van der Waals surface area contributed by atoms with E-state index in [1.165, 1.54) is 0 Å². The van der Waals surface area contributed by atoms with Gasteiger partial charge in [0, 0.05) is 0 Å². The minimum absolute atomic E-state index is 0.0791. The summed E-state index contributed by atoms with van der Waals surface area (Å²) >= 11 is 5.91. The third kappa shape index (κ3) is 2.32. The van der Waals surface area contributed by atoms with Crippen LogP contribution in [0.25, 0.3) is 0 Å². The lowest BCUT2D eigenvalue weighted by molar-refractivity contribution is 0.0685. The lowest BCUT2D eigenvalue weighted by atomic mass is 9.93. The van der Waals surface area contributed by atoms with Gasteiger partial charge in [-0.3, -0.25) is 0 Å². The van der Waals surface area contributed by atoms with E-state index in [1.807, 2.05) is 13.1 Å². The summed E-state index contributed by atoms with van der Waals surface area (Å²) in [5, 5.41) is 17.8. The van der Waals surface area contributed by atoms with Crippen LogP contribution in [-0.2, 0) is 0 Å². The smallest absolute Gasteiger partial charge is 0.100 e. The number of alkyl halides is 1. The van der Waals surface area contributed by atoms with Crippen LogP contribution in [0, 0.1) is 0 Å². The van der Waals surface area contributed by atoms with Gasteiger partial charge in [0.2, 0.25) is 0 Å². The number of aliphatic hydroxyl groups is 1. The summed E-state index contributed by atoms with van der Waals surface area (Å²) in [7, 11) is 0. The molecule has 0 bridgehead atoms. The second-order valence-electron chi connectivity index (χ2n) is 4.16. The van der Waals surface area contributed by atoms with Gasteiger partial charge in [-0.2, -0.15) is 0 Å². The highest BCUT2D eigenvalue weighted by Gasteiger charge is 2.25. The van der Waals surface area contributed by atoms with Crippen molar-refractivity contribution in [3.05, 3.63) is 11.9 Å². The molecule has 3 unspecified atom stereocenters. The van der Waals surface area contributed by atoms with Gasteiger partial charge in [0.05, 0.1) is 23.7 Å². The first kappa shape index (κ1) is 10.9. The van der Waals surface area contributed by atoms with Gasteiger partial charge in [0.1, 0.15) is 5.69 Å². The van der Waals surface area contributed by atoms with Crippen LogP contribution in [0.3, 0.4) is 0 Å². The van der Waals surface area contributed by atoms with Gasteiger partial charge < -0.3 is 5.11 Å². The zero-order valence-corrected chi connectivity index (χ0v) is 9.56. The molecule has 0 saturated heterocycles. The van der Waals surface area contributed by atoms with Crippen molar-refractivity contribution in [2.75, 3.05) is 0 Å². The van der Waals surface area contributed by atoms with Crippen molar-refractivity contribution in [1.29, 1.82) is 0 Å². The van der Waals surface area contributed by atoms with E-state index in [0.717, 1.165) is 31.4 Å². The molecule has 15 heavy (non-hydrogen) atoms. The fourth-order valence-corrected chi connectivity index (χ4v) is 2.14. The van der Waals surface area contributed by atoms with E-state index in [4.69, 9.17) is 11.6 Å². The zero-order valence-electron chi connectivity index (χ0n) is 8.80. The summed E-state index contributed by atoms with van der Waals surface area (Å²) in [6.45, 7) is 1.87. The molecule has 1 saturated carbocycles. The average Bonchev–Trinajstić information content (AvgIpc) is 2.67. The minimum atomic E-state index is -0.293. The number of aliphatic hydroxyl groups excluding tert-OH is 1. The van der Waals surface area contributed by atoms with Gasteiger partial charge in [-0.1, -0.05) is 18.1 Å². The predicted octanol–water partition coefficient (Wildman–Crippen LogP) is 2.05. The molecule has 1 aromatic heterocycles. The minimum Gasteiger partial charge on any atom is -0.391 e. The maximum Gasteiger partial charge on any atom is 0.100 e. The second kappa shape index (κ2) is 4.49. The number of nitrogens with zero attached hydrogens (tertiary/aromatic N) is 3. The Morgan fingerprint density at radius 1 is 1.53 bits per heavy atom. The molecule has 1 aromatic rings. The van der Waals surface area contributed by atoms with Gasteiger partial charge in [-0.15, -0.1) is 16.7 Å². The van der Waals surface area contributed by atoms with Crippen LogP contribution in [-0.4, -0.2) is 26.2 Å². The Labute approximate surface area is 94.2 Å². The normalized spacial score (nSPS) is 29.0. The van der Waals surface area contributed by atoms with Crippen molar-refractivity contribution in [3.8, 4) is 0 Å². The fraction of sp³-hybridized carbons (Fsp3) is 0.800. The van der Waals surface area contributed by atoms with Crippen molar-refractivity contribution in [3.63, 3.8) is 0 Å². The first-order valence-electron chi connectivity index (χ1n) is 5.42. The molecule has 0 amide bonds. The van der Waals surface area contributed by atoms with Crippen molar-refractivity contribution in [2.45, 2.75) is 50.1 Å². The number of hydrogen-bond acceptors (Lipinski definition) is 3. The Bertz CT molecular complexity index is 326. The molecule has 1 aliphatic carbocycles. The maximum atomic E-state index is 9.85. The van der Waals surface area contributed by atoms with Crippen molar-refractivity contribution < 1.29 is 5.11 Å². The molecular weight excluding hydrogens is 214 g/mol. The standard InChI is InChI=1S/C10H16ClN3O/c1-7(11)8-6-14(13-12-8)9-4-2-3-5-10(9)15/h6-7,9-10,15H,2-5H2,1H3. The van der Waals surface area contributed by atoms with E-state index < -0.39 is 0 Å². The van der Waals surface area contributed by atoms with Crippen LogP contribution in [0.15, 0.2) is 6.20 Å². The molecule has 1 N–H and O–H groups in total. The van der Waals surface area contributed by atoms with Gasteiger partial charge in [0.25, 0.3) is 0 Å². The van der Waals surface area contributed by atoms with Crippen LogP contribution >= 0.6 is 11.6 Å². The first-order chi connectivity index (χ1) is 7.18. The largest absolute Gasteiger partial charge is 0.391 e. The van der Waals surface area contributed by atoms with Gasteiger partial charge in [0.15, 0.2) is 0 Å². The van der Waals surface area contributed by atoms with E-state index in [9.17, 15) is 5.11 Å². The topological polar surface area (TPSA) is 50.9 Å². The van der Waals surface area contributed by atoms with Gasteiger partial charge in [-0.25, -0.2) is 4.68 Å². The molecule has 0 aliphatic heterocycles. The predicted molar refractivity (Wildman–Crippen MR) is 57.8 cm³/mol. The van der Waals surface area contributed by atoms with Crippen molar-refractivity contribution >= 4 is 11.6 Å². The summed E-state index contributed by atoms with van der Waals surface area (Å²) in [5.74, 6) is 0. The highest BCUT2D eigenvalue weighted by molar-refractivity contribution is 6.20. The summed E-state index contributed by atoms with van der Waals surface area (Å²) in [6.07, 6.45) is 5.63. The SMILES string of the molecule is CC(Cl)c1cn(C2CCCCC2O)nn1. The molecule has 1 heterocycles. The molecule has 84 valence electrons. The summed E-state index contributed by atoms with van der Waals surface area (Å²) in [5.41, 5.74) is 0.773. The van der Waals surface area contributed by atoms with Crippen LogP contribution in [0.5, 0.6) is 0 Å². The quantitative estimate of drug-likeness (QED) is 0.790. The van der Waals surface area contributed by atoms with E-state index in [2.05, 4.69) is 10.3 Å².